The van der Waals surface area contributed by atoms with Gasteiger partial charge in [0.25, 0.3) is 10.0 Å². The van der Waals surface area contributed by atoms with Crippen molar-refractivity contribution in [3.63, 3.8) is 0 Å². The van der Waals surface area contributed by atoms with Crippen LogP contribution in [0.5, 0.6) is 0 Å². The quantitative estimate of drug-likeness (QED) is 0.667. The van der Waals surface area contributed by atoms with Crippen molar-refractivity contribution >= 4 is 15.7 Å². The van der Waals surface area contributed by atoms with Crippen LogP contribution < -0.4 is 4.83 Å². The molecule has 2 aromatic rings. The molecule has 0 spiro atoms. The number of hydrogen-bond donors (Lipinski definition) is 1. The maximum Gasteiger partial charge on any atom is 0.276 e. The van der Waals surface area contributed by atoms with E-state index in [4.69, 9.17) is 0 Å². The van der Waals surface area contributed by atoms with Gasteiger partial charge in [-0.15, -0.1) is 0 Å². The monoisotopic (exact) mass is 322 g/mol. The van der Waals surface area contributed by atoms with Crippen LogP contribution in [0.25, 0.3) is 0 Å². The van der Waals surface area contributed by atoms with Crippen LogP contribution in [0.1, 0.15) is 23.9 Å². The molecule has 0 bridgehead atoms. The molecule has 2 rings (SSSR count). The molecular weight excluding hydrogens is 304 g/mol. The topological polar surface area (TPSA) is 116 Å². The van der Waals surface area contributed by atoms with E-state index in [1.807, 2.05) is 6.92 Å². The summed E-state index contributed by atoms with van der Waals surface area (Å²) in [6, 6.07) is 6.54. The Balaban J connectivity index is 0.00000242. The maximum absolute atomic E-state index is 12.1. The minimum atomic E-state index is -3.68. The average molecular weight is 322 g/mol. The van der Waals surface area contributed by atoms with Crippen molar-refractivity contribution in [2.45, 2.75) is 25.7 Å². The highest BCUT2D eigenvalue weighted by Crippen LogP contribution is 2.10. The van der Waals surface area contributed by atoms with Gasteiger partial charge in [-0.25, -0.2) is 0 Å². The smallest absolute Gasteiger partial charge is 0.276 e. The first-order chi connectivity index (χ1) is 9.90. The summed E-state index contributed by atoms with van der Waals surface area (Å²) in [4.78, 5) is 10.6. The Morgan fingerprint density at radius 2 is 1.68 bits per heavy atom. The Kier molecular flexibility index (Phi) is 5.72. The number of benzene rings is 1. The zero-order valence-corrected chi connectivity index (χ0v) is 13.3. The van der Waals surface area contributed by atoms with E-state index in [1.54, 1.807) is 32.2 Å². The van der Waals surface area contributed by atoms with Gasteiger partial charge < -0.3 is 5.48 Å². The van der Waals surface area contributed by atoms with Crippen molar-refractivity contribution in [2.24, 2.45) is 5.10 Å². The second-order valence-corrected chi connectivity index (χ2v) is 6.26. The maximum atomic E-state index is 12.1. The summed E-state index contributed by atoms with van der Waals surface area (Å²) < 4.78 is 24.2. The highest BCUT2D eigenvalue weighted by atomic mass is 32.2. The fraction of sp³-hybridized carbons (Fsp3) is 0.214. The van der Waals surface area contributed by atoms with Gasteiger partial charge in [0, 0.05) is 12.4 Å². The predicted molar refractivity (Wildman–Crippen MR) is 84.1 cm³/mol. The van der Waals surface area contributed by atoms with Crippen molar-refractivity contribution in [3.8, 4) is 0 Å². The molecule has 0 aliphatic rings. The number of hydrogen-bond acceptors (Lipinski definition) is 5. The molecule has 0 saturated heterocycles. The van der Waals surface area contributed by atoms with Crippen LogP contribution in [0.4, 0.5) is 0 Å². The molecule has 0 unspecified atom stereocenters. The second kappa shape index (κ2) is 7.10. The molecular formula is C14H18N4O3S. The summed E-state index contributed by atoms with van der Waals surface area (Å²) in [6.07, 6.45) is 3.11. The molecule has 0 fully saturated rings. The number of nitrogens with zero attached hydrogens (tertiary/aromatic N) is 3. The third-order valence-corrected chi connectivity index (χ3v) is 4.11. The van der Waals surface area contributed by atoms with Crippen molar-refractivity contribution in [1.82, 2.24) is 14.8 Å². The predicted octanol–water partition coefficient (Wildman–Crippen LogP) is 0.971. The summed E-state index contributed by atoms with van der Waals surface area (Å²) in [5, 5.41) is 3.90. The molecule has 1 aromatic carbocycles. The van der Waals surface area contributed by atoms with E-state index in [0.29, 0.717) is 17.1 Å². The van der Waals surface area contributed by atoms with Gasteiger partial charge >= 0.3 is 0 Å². The van der Waals surface area contributed by atoms with Crippen LogP contribution in [0.15, 0.2) is 46.7 Å². The summed E-state index contributed by atoms with van der Waals surface area (Å²) in [5.41, 5.74) is 2.69. The van der Waals surface area contributed by atoms with Gasteiger partial charge in [-0.2, -0.15) is 18.4 Å². The van der Waals surface area contributed by atoms with E-state index < -0.39 is 10.0 Å². The summed E-state index contributed by atoms with van der Waals surface area (Å²) in [5.74, 6) is 0. The molecule has 1 heterocycles. The third-order valence-electron chi connectivity index (χ3n) is 2.89. The van der Waals surface area contributed by atoms with Gasteiger partial charge in [0.15, 0.2) is 0 Å². The van der Waals surface area contributed by atoms with Crippen LogP contribution >= 0.6 is 0 Å². The van der Waals surface area contributed by atoms with Crippen LogP contribution in [-0.2, 0) is 10.0 Å². The first-order valence-corrected chi connectivity index (χ1v) is 7.79. The van der Waals surface area contributed by atoms with E-state index >= 15 is 0 Å². The normalized spacial score (nSPS) is 11.7. The lowest BCUT2D eigenvalue weighted by molar-refractivity contribution is 0.584. The minimum Gasteiger partial charge on any atom is -0.412 e. The van der Waals surface area contributed by atoms with Gasteiger partial charge in [0.05, 0.1) is 16.3 Å². The molecule has 0 saturated carbocycles. The van der Waals surface area contributed by atoms with E-state index in [2.05, 4.69) is 19.9 Å². The van der Waals surface area contributed by atoms with Crippen LogP contribution in [0, 0.1) is 13.8 Å². The fourth-order valence-electron chi connectivity index (χ4n) is 1.71. The van der Waals surface area contributed by atoms with Gasteiger partial charge in [-0.1, -0.05) is 17.7 Å². The van der Waals surface area contributed by atoms with E-state index in [1.165, 1.54) is 18.3 Å². The number of nitrogens with one attached hydrogen (secondary N) is 1. The van der Waals surface area contributed by atoms with Crippen molar-refractivity contribution in [1.29, 1.82) is 0 Å². The minimum absolute atomic E-state index is 0. The molecule has 7 nitrogen and oxygen atoms in total. The van der Waals surface area contributed by atoms with Gasteiger partial charge in [-0.05, 0) is 32.9 Å². The van der Waals surface area contributed by atoms with Gasteiger partial charge in [0.1, 0.15) is 5.69 Å². The highest BCUT2D eigenvalue weighted by Gasteiger charge is 2.13. The Labute approximate surface area is 129 Å². The molecule has 0 atom stereocenters. The summed E-state index contributed by atoms with van der Waals surface area (Å²) in [7, 11) is -3.68. The Bertz CT molecular complexity index is 771. The van der Waals surface area contributed by atoms with Gasteiger partial charge in [-0.3, -0.25) is 9.97 Å². The molecule has 8 heteroatoms. The van der Waals surface area contributed by atoms with Crippen molar-refractivity contribution in [3.05, 3.63) is 53.6 Å². The first-order valence-electron chi connectivity index (χ1n) is 6.31. The van der Waals surface area contributed by atoms with Crippen LogP contribution in [0.2, 0.25) is 0 Å². The molecule has 0 radical (unpaired) electrons. The zero-order valence-electron chi connectivity index (χ0n) is 12.5. The number of hydrazone groups is 1. The number of rotatable bonds is 4. The lowest BCUT2D eigenvalue weighted by Gasteiger charge is -2.06. The highest BCUT2D eigenvalue weighted by molar-refractivity contribution is 7.89. The lowest BCUT2D eigenvalue weighted by atomic mass is 10.2. The number of sulfonamides is 1. The van der Waals surface area contributed by atoms with Crippen LogP contribution in [-0.4, -0.2) is 29.6 Å². The Morgan fingerprint density at radius 3 is 2.27 bits per heavy atom. The summed E-state index contributed by atoms with van der Waals surface area (Å²) >= 11 is 0. The molecule has 0 aliphatic carbocycles. The standard InChI is InChI=1S/C14H16N4O2S.H2O/c1-10-4-6-13(7-5-10)21(19,20)18-17-12(3)14-11(2)15-8-9-16-14;/h4-9,18H,1-3H3;1H2/b17-12+;. The molecule has 118 valence electrons. The van der Waals surface area contributed by atoms with E-state index in [9.17, 15) is 8.42 Å². The molecule has 1 aromatic heterocycles. The average Bonchev–Trinajstić information content (AvgIpc) is 2.46. The van der Waals surface area contributed by atoms with E-state index in [0.717, 1.165) is 5.56 Å². The Morgan fingerprint density at radius 1 is 1.09 bits per heavy atom. The largest absolute Gasteiger partial charge is 0.412 e. The number of aryl methyl sites for hydroxylation is 2. The Hall–Kier alpha value is -2.32. The second-order valence-electron chi connectivity index (χ2n) is 4.60. The number of aromatic nitrogens is 2. The van der Waals surface area contributed by atoms with Crippen molar-refractivity contribution in [2.75, 3.05) is 0 Å². The van der Waals surface area contributed by atoms with Crippen LogP contribution in [0.3, 0.4) is 0 Å². The van der Waals surface area contributed by atoms with Gasteiger partial charge in [0.2, 0.25) is 0 Å². The molecule has 3 N–H and O–H groups in total. The SMILES string of the molecule is C/C(=N\NS(=O)(=O)c1ccc(C)cc1)c1nccnc1C.O. The van der Waals surface area contributed by atoms with E-state index in [-0.39, 0.29) is 10.4 Å². The molecule has 0 amide bonds. The molecule has 0 aliphatic heterocycles. The zero-order chi connectivity index (χ0) is 15.5. The molecule has 22 heavy (non-hydrogen) atoms. The summed E-state index contributed by atoms with van der Waals surface area (Å²) in [6.45, 7) is 5.35. The fourth-order valence-corrected chi connectivity index (χ4v) is 2.57. The lowest BCUT2D eigenvalue weighted by Crippen LogP contribution is -2.20. The first kappa shape index (κ1) is 17.7. The third kappa shape index (κ3) is 4.09. The van der Waals surface area contributed by atoms with Crippen molar-refractivity contribution < 1.29 is 13.9 Å².